The van der Waals surface area contributed by atoms with Gasteiger partial charge in [0.05, 0.1) is 40.7 Å². The van der Waals surface area contributed by atoms with E-state index in [-0.39, 0.29) is 63.5 Å². The van der Waals surface area contributed by atoms with Gasteiger partial charge in [-0.3, -0.25) is 33.6 Å². The van der Waals surface area contributed by atoms with E-state index in [1.54, 1.807) is 6.92 Å². The van der Waals surface area contributed by atoms with E-state index in [2.05, 4.69) is 21.3 Å². The van der Waals surface area contributed by atoms with Crippen molar-refractivity contribution < 1.29 is 118 Å². The van der Waals surface area contributed by atoms with Gasteiger partial charge in [0.2, 0.25) is 41.6 Å². The SMILES string of the molecule is CC[C@H](CC(C)C)C(=O)NC1C(=O)C[C@@H](CC(N)=O)C(=O)N[C@H]2C(=O)C[C@H]3C(=O)NC(C(=O)N[C@@H](C(=O)O)c4cc(O)cc(O)c4-c4cc3ccc4O)[C@H](O)c3ccc(c(Cl)c3)Oc3cc2cc(c3O[C@@H]2OC(CO)[C@@H](O)[C@H](O)C2O[C@H]2CC(C)(N)[C@H](O)[C@@H](C)O2)Oc2ccc(cc2Cl)[C@H]1O.Cl. The zero-order chi connectivity index (χ0) is 73.5. The van der Waals surface area contributed by atoms with Crippen LogP contribution in [-0.2, 0) is 52.6 Å². The summed E-state index contributed by atoms with van der Waals surface area (Å²) in [6.07, 6.45) is -19.8. The van der Waals surface area contributed by atoms with Crippen LogP contribution in [0.2, 0.25) is 10.0 Å². The molecule has 0 aliphatic carbocycles. The summed E-state index contributed by atoms with van der Waals surface area (Å²) in [5.74, 6) is -18.9. The fourth-order valence-electron chi connectivity index (χ4n) is 13.2. The number of nitrogens with two attached hydrogens (primary N) is 2. The normalized spacial score (nSPS) is 29.3. The number of halogens is 3. The summed E-state index contributed by atoms with van der Waals surface area (Å²) in [7, 11) is 0. The van der Waals surface area contributed by atoms with Crippen molar-refractivity contribution in [2.45, 2.75) is 170 Å². The topological polar surface area (TPSA) is 494 Å². The minimum Gasteiger partial charge on any atom is -0.508 e. The highest BCUT2D eigenvalue weighted by molar-refractivity contribution is 6.32. The van der Waals surface area contributed by atoms with E-state index >= 15 is 14.4 Å². The molecule has 30 nitrogen and oxygen atoms in total. The van der Waals surface area contributed by atoms with Crippen molar-refractivity contribution in [3.05, 3.63) is 117 Å². The molecule has 7 aliphatic heterocycles. The molecule has 0 aromatic heterocycles. The summed E-state index contributed by atoms with van der Waals surface area (Å²) in [6, 6.07) is 5.66. The molecule has 33 heteroatoms. The number of carbonyl (C=O) groups is 8. The lowest BCUT2D eigenvalue weighted by Crippen LogP contribution is -2.64. The average Bonchev–Trinajstić information content (AvgIpc) is 0.773. The first-order chi connectivity index (χ1) is 47.7. The third-order valence-electron chi connectivity index (χ3n) is 18.6. The average molecular weight is 1480 g/mol. The molecule has 5 aromatic rings. The number of Topliss-reactive ketones (excluding diaryl/α,β-unsaturated/α-hetero) is 2. The number of aliphatic hydroxyl groups excluding tert-OH is 6. The second-order valence-electron chi connectivity index (χ2n) is 26.6. The number of hydrogen-bond donors (Lipinski definition) is 16. The third-order valence-corrected chi connectivity index (χ3v) is 19.2. The van der Waals surface area contributed by atoms with Crippen LogP contribution in [0.3, 0.4) is 0 Å². The molecule has 0 spiro atoms. The number of phenolic OH excluding ortho intramolecular Hbond substituents is 3. The number of aliphatic carboxylic acids is 1. The van der Waals surface area contributed by atoms with Gasteiger partial charge in [-0.05, 0) is 109 Å². The van der Waals surface area contributed by atoms with E-state index in [1.165, 1.54) is 38.1 Å². The van der Waals surface area contributed by atoms with Crippen LogP contribution in [0.25, 0.3) is 11.1 Å². The van der Waals surface area contributed by atoms with E-state index in [0.717, 1.165) is 54.6 Å². The lowest BCUT2D eigenvalue weighted by molar-refractivity contribution is -0.333. The maximum atomic E-state index is 16.2. The van der Waals surface area contributed by atoms with Crippen molar-refractivity contribution in [2.75, 3.05) is 6.61 Å². The number of carboxylic acids is 1. The summed E-state index contributed by atoms with van der Waals surface area (Å²) >= 11 is 14.2. The van der Waals surface area contributed by atoms with Crippen LogP contribution in [0.5, 0.6) is 46.0 Å². The summed E-state index contributed by atoms with van der Waals surface area (Å²) in [5, 5.41) is 123. The lowest BCUT2D eigenvalue weighted by Gasteiger charge is -2.47. The van der Waals surface area contributed by atoms with Crippen molar-refractivity contribution >= 4 is 82.7 Å². The second kappa shape index (κ2) is 31.6. The van der Waals surface area contributed by atoms with Gasteiger partial charge in [0.1, 0.15) is 77.4 Å². The van der Waals surface area contributed by atoms with Crippen LogP contribution < -0.4 is 46.9 Å². The van der Waals surface area contributed by atoms with Gasteiger partial charge in [0, 0.05) is 59.9 Å². The van der Waals surface area contributed by atoms with E-state index < -0.39 is 238 Å². The first kappa shape index (κ1) is 77.7. The Hall–Kier alpha value is -8.47. The van der Waals surface area contributed by atoms with Crippen LogP contribution in [0.1, 0.15) is 131 Å². The van der Waals surface area contributed by atoms with Crippen molar-refractivity contribution in [1.82, 2.24) is 21.3 Å². The van der Waals surface area contributed by atoms with E-state index in [1.807, 2.05) is 13.8 Å². The molecule has 5 aromatic carbocycles. The molecule has 2 fully saturated rings. The van der Waals surface area contributed by atoms with Gasteiger partial charge in [0.15, 0.2) is 41.5 Å². The number of phenols is 3. The molecule has 2 saturated heterocycles. The largest absolute Gasteiger partial charge is 0.508 e. The molecule has 18 N–H and O–H groups in total. The molecular weight excluding hydrogens is 1400 g/mol. The van der Waals surface area contributed by atoms with Crippen LogP contribution in [-0.4, -0.2) is 172 Å². The molecule has 7 heterocycles. The first-order valence-corrected chi connectivity index (χ1v) is 33.2. The highest BCUT2D eigenvalue weighted by Gasteiger charge is 2.51. The number of carboxylic acid groups (broad SMARTS) is 1. The summed E-state index contributed by atoms with van der Waals surface area (Å²) < 4.78 is 38.5. The Morgan fingerprint density at radius 1 is 0.745 bits per heavy atom. The molecule has 0 saturated carbocycles. The maximum Gasteiger partial charge on any atom is 0.330 e. The van der Waals surface area contributed by atoms with E-state index in [0.29, 0.717) is 12.8 Å². The number of ether oxygens (including phenoxy) is 6. The Morgan fingerprint density at radius 3 is 1.95 bits per heavy atom. The second-order valence-corrected chi connectivity index (χ2v) is 27.4. The number of hydrogen-bond acceptors (Lipinski definition) is 24. The number of benzene rings is 5. The Kier molecular flexibility index (Phi) is 24.1. The van der Waals surface area contributed by atoms with Crippen LogP contribution in [0.15, 0.2) is 78.9 Å². The van der Waals surface area contributed by atoms with Crippen molar-refractivity contribution in [3.63, 3.8) is 0 Å². The number of fused-ring (bicyclic) bond motifs is 15. The zero-order valence-corrected chi connectivity index (χ0v) is 57.7. The Morgan fingerprint density at radius 2 is 1.37 bits per heavy atom. The molecule has 12 rings (SSSR count). The molecule has 11 bridgehead atoms. The summed E-state index contributed by atoms with van der Waals surface area (Å²) in [4.78, 5) is 117. The predicted octanol–water partition coefficient (Wildman–Crippen LogP) is 3.94. The smallest absolute Gasteiger partial charge is 0.330 e. The summed E-state index contributed by atoms with van der Waals surface area (Å²) in [5.41, 5.74) is 8.53. The van der Waals surface area contributed by atoms with Gasteiger partial charge in [-0.1, -0.05) is 62.2 Å². The Balaban J connectivity index is 0.0000121. The van der Waals surface area contributed by atoms with Crippen LogP contribution in [0, 0.1) is 17.8 Å². The fraction of sp³-hybridized carbons (Fsp3) is 0.449. The highest BCUT2D eigenvalue weighted by Crippen LogP contribution is 2.50. The fourth-order valence-corrected chi connectivity index (χ4v) is 13.7. The minimum absolute atomic E-state index is 0. The first-order valence-electron chi connectivity index (χ1n) is 32.4. The molecule has 18 atom stereocenters. The Labute approximate surface area is 598 Å². The number of aliphatic hydroxyl groups is 6. The monoisotopic (exact) mass is 1480 g/mol. The molecule has 5 unspecified atom stereocenters. The quantitative estimate of drug-likeness (QED) is 0.0793. The number of nitrogens with one attached hydrogen (secondary N) is 4. The van der Waals surface area contributed by atoms with Crippen molar-refractivity contribution in [2.24, 2.45) is 29.2 Å². The molecular formula is C69H79Cl3N6O24. The van der Waals surface area contributed by atoms with Crippen molar-refractivity contribution in [3.8, 4) is 57.1 Å². The van der Waals surface area contributed by atoms with Gasteiger partial charge in [-0.15, -0.1) is 12.4 Å². The number of rotatable bonds is 13. The minimum atomic E-state index is -2.24. The highest BCUT2D eigenvalue weighted by atomic mass is 35.5. The van der Waals surface area contributed by atoms with Gasteiger partial charge < -0.3 is 112 Å². The standard InChI is InChI=1S/C69H78Cl2N6O24.ClH/c1-6-28(13-26(2)3)63(90)76-54-42(82)17-33(20-49(72)84)64(91)74-52-32-18-46(97-44-11-8-30(56(54)85)15-38(44)70)60(101-68-61(59(88)58(87)48(25-78)99-68)100-50-24-69(5,73)62(89)27(4)96-50)47(19-32)98-45-12-9-31(16-39(45)71)57(86)55-66(93)75-53(67(94)95)37-21-34(79)22-41(81)51(37)36-14-29(7-10-40(36)80)35(23-43(52)83)65(92)77-55;/h7-12,14-16,18-19,21-22,26-28,33,35,48,50,52-59,61-62,68,78-81,85-89H,6,13,17,20,23-25,73H2,1-5H3,(H2,72,84)(H,74,91)(H,75,93)(H,76,90)(H,77,92)(H,94,95);1H/t27-,28-,33+,35-,48?,50+,52-,53-,54?,55?,56-,57-,58-,59+,61?,62-,68+,69?;/m1./s1. The number of amides is 5. The predicted molar refractivity (Wildman–Crippen MR) is 360 cm³/mol. The molecule has 5 amide bonds. The summed E-state index contributed by atoms with van der Waals surface area (Å²) in [6.45, 7) is 7.55. The molecule has 102 heavy (non-hydrogen) atoms. The molecule has 0 radical (unpaired) electrons. The number of primary amides is 1. The number of aromatic hydroxyl groups is 3. The molecule has 550 valence electrons. The zero-order valence-electron chi connectivity index (χ0n) is 55.4. The van der Waals surface area contributed by atoms with Crippen molar-refractivity contribution in [1.29, 1.82) is 0 Å². The van der Waals surface area contributed by atoms with E-state index in [9.17, 15) is 75.0 Å². The maximum absolute atomic E-state index is 16.2. The number of ketones is 2. The van der Waals surface area contributed by atoms with Crippen LogP contribution in [0.4, 0.5) is 0 Å². The van der Waals surface area contributed by atoms with E-state index in [4.69, 9.17) is 63.1 Å². The van der Waals surface area contributed by atoms with Gasteiger partial charge in [0.25, 0.3) is 0 Å². The third kappa shape index (κ3) is 16.5. The lowest BCUT2D eigenvalue weighted by atomic mass is 9.84. The Bertz CT molecular complexity index is 4070. The van der Waals surface area contributed by atoms with Gasteiger partial charge >= 0.3 is 5.97 Å². The van der Waals surface area contributed by atoms with Gasteiger partial charge in [-0.25, -0.2) is 4.79 Å². The number of carbonyl (C=O) groups excluding carboxylic acids is 7. The van der Waals surface area contributed by atoms with Gasteiger partial charge in [-0.2, -0.15) is 0 Å². The molecule has 7 aliphatic rings. The van der Waals surface area contributed by atoms with Crippen LogP contribution >= 0.6 is 35.6 Å².